The number of hydrogen-bond acceptors (Lipinski definition) is 2. The van der Waals surface area contributed by atoms with Crippen molar-refractivity contribution in [3.8, 4) is 0 Å². The Kier molecular flexibility index (Phi) is 3.36. The summed E-state index contributed by atoms with van der Waals surface area (Å²) in [5, 5.41) is 0.856. The van der Waals surface area contributed by atoms with Gasteiger partial charge in [0.2, 0.25) is 5.91 Å². The molecular weight excluding hydrogens is 202 g/mol. The van der Waals surface area contributed by atoms with Gasteiger partial charge in [0, 0.05) is 12.6 Å². The molecule has 0 spiro atoms. The van der Waals surface area contributed by atoms with Gasteiger partial charge in [-0.15, -0.1) is 0 Å². The van der Waals surface area contributed by atoms with Crippen molar-refractivity contribution in [2.75, 3.05) is 7.05 Å². The number of rotatable bonds is 2. The number of nitrogens with two attached hydrogens (primary N) is 1. The van der Waals surface area contributed by atoms with Crippen LogP contribution in [0.4, 0.5) is 8.78 Å². The van der Waals surface area contributed by atoms with Gasteiger partial charge in [0.15, 0.2) is 0 Å². The number of halogens is 2. The van der Waals surface area contributed by atoms with Crippen LogP contribution in [-0.2, 0) is 4.79 Å². The predicted octanol–water partition coefficient (Wildman–Crippen LogP) is 1.40. The molecule has 2 N–H and O–H groups in total. The molecule has 3 nitrogen and oxygen atoms in total. The minimum Gasteiger partial charge on any atom is -0.283 e. The number of nitrogens with zero attached hydrogens (tertiary/aromatic N) is 1. The van der Waals surface area contributed by atoms with E-state index in [1.165, 1.54) is 14.0 Å². The Bertz CT molecular complexity index is 380. The fourth-order valence-corrected chi connectivity index (χ4v) is 1.28. The second-order valence-electron chi connectivity index (χ2n) is 3.34. The van der Waals surface area contributed by atoms with Gasteiger partial charge >= 0.3 is 0 Å². The fraction of sp³-hybridized carbons (Fsp3) is 0.300. The standard InChI is InChI=1S/C10H12F2N2O/c1-6(10(15)14(2)13)8-5-7(11)3-4-9(8)12/h3-6H,13H2,1-2H3. The molecule has 0 heterocycles. The van der Waals surface area contributed by atoms with Crippen LogP contribution in [0.2, 0.25) is 0 Å². The van der Waals surface area contributed by atoms with Gasteiger partial charge in [0.1, 0.15) is 11.6 Å². The summed E-state index contributed by atoms with van der Waals surface area (Å²) in [5.74, 6) is 2.77. The Morgan fingerprint density at radius 3 is 2.60 bits per heavy atom. The topological polar surface area (TPSA) is 46.3 Å². The molecule has 0 saturated heterocycles. The SMILES string of the molecule is CC(C(=O)N(C)N)c1cc(F)ccc1F. The molecule has 0 aromatic heterocycles. The molecule has 82 valence electrons. The lowest BCUT2D eigenvalue weighted by molar-refractivity contribution is -0.131. The van der Waals surface area contributed by atoms with Crippen LogP contribution in [-0.4, -0.2) is 18.0 Å². The van der Waals surface area contributed by atoms with E-state index in [0.29, 0.717) is 0 Å². The number of hydrazine groups is 1. The highest BCUT2D eigenvalue weighted by atomic mass is 19.1. The van der Waals surface area contributed by atoms with E-state index in [1.54, 1.807) is 0 Å². The molecule has 5 heteroatoms. The van der Waals surface area contributed by atoms with E-state index in [-0.39, 0.29) is 5.56 Å². The van der Waals surface area contributed by atoms with Crippen molar-refractivity contribution in [2.45, 2.75) is 12.8 Å². The van der Waals surface area contributed by atoms with Gasteiger partial charge in [0.05, 0.1) is 5.92 Å². The van der Waals surface area contributed by atoms with Gasteiger partial charge in [-0.1, -0.05) is 0 Å². The third-order valence-electron chi connectivity index (χ3n) is 2.14. The molecule has 0 aliphatic heterocycles. The normalized spacial score (nSPS) is 12.3. The van der Waals surface area contributed by atoms with E-state index in [4.69, 9.17) is 5.84 Å². The summed E-state index contributed by atoms with van der Waals surface area (Å²) in [5.41, 5.74) is 0.0114. The van der Waals surface area contributed by atoms with Crippen molar-refractivity contribution in [3.63, 3.8) is 0 Å². The highest BCUT2D eigenvalue weighted by Crippen LogP contribution is 2.21. The van der Waals surface area contributed by atoms with Gasteiger partial charge in [-0.2, -0.15) is 0 Å². The summed E-state index contributed by atoms with van der Waals surface area (Å²) in [6.07, 6.45) is 0. The first-order valence-electron chi connectivity index (χ1n) is 4.40. The van der Waals surface area contributed by atoms with E-state index >= 15 is 0 Å². The minimum atomic E-state index is -0.796. The smallest absolute Gasteiger partial charge is 0.243 e. The Hall–Kier alpha value is -1.49. The van der Waals surface area contributed by atoms with E-state index < -0.39 is 23.5 Å². The number of carbonyl (C=O) groups is 1. The quantitative estimate of drug-likeness (QED) is 0.459. The van der Waals surface area contributed by atoms with Crippen molar-refractivity contribution >= 4 is 5.91 Å². The number of hydrogen-bond donors (Lipinski definition) is 1. The molecular formula is C10H12F2N2O. The second-order valence-corrected chi connectivity index (χ2v) is 3.34. The Balaban J connectivity index is 3.05. The Morgan fingerprint density at radius 2 is 2.07 bits per heavy atom. The molecule has 1 aromatic rings. The summed E-state index contributed by atoms with van der Waals surface area (Å²) < 4.78 is 26.1. The molecule has 0 radical (unpaired) electrons. The maximum Gasteiger partial charge on any atom is 0.243 e. The summed E-state index contributed by atoms with van der Waals surface area (Å²) in [6, 6.07) is 2.99. The average molecular weight is 214 g/mol. The van der Waals surface area contributed by atoms with Crippen LogP contribution < -0.4 is 5.84 Å². The van der Waals surface area contributed by atoms with Gasteiger partial charge in [0.25, 0.3) is 0 Å². The van der Waals surface area contributed by atoms with Crippen LogP contribution in [0.1, 0.15) is 18.4 Å². The van der Waals surface area contributed by atoms with Crippen molar-refractivity contribution in [1.82, 2.24) is 5.01 Å². The van der Waals surface area contributed by atoms with Crippen molar-refractivity contribution < 1.29 is 13.6 Å². The first-order valence-corrected chi connectivity index (χ1v) is 4.40. The number of likely N-dealkylation sites (N-methyl/N-ethyl adjacent to an activating group) is 1. The molecule has 0 aliphatic rings. The molecule has 1 unspecified atom stereocenters. The molecule has 0 fully saturated rings. The monoisotopic (exact) mass is 214 g/mol. The van der Waals surface area contributed by atoms with E-state index in [9.17, 15) is 13.6 Å². The summed E-state index contributed by atoms with van der Waals surface area (Å²) in [6.45, 7) is 1.48. The van der Waals surface area contributed by atoms with Crippen LogP contribution in [0.3, 0.4) is 0 Å². The second kappa shape index (κ2) is 4.35. The van der Waals surface area contributed by atoms with E-state index in [2.05, 4.69) is 0 Å². The van der Waals surface area contributed by atoms with Crippen molar-refractivity contribution in [1.29, 1.82) is 0 Å². The molecule has 1 atom stereocenters. The van der Waals surface area contributed by atoms with Crippen molar-refractivity contribution in [2.24, 2.45) is 5.84 Å². The first kappa shape index (κ1) is 11.6. The highest BCUT2D eigenvalue weighted by molar-refractivity contribution is 5.82. The zero-order chi connectivity index (χ0) is 11.6. The Labute approximate surface area is 86.5 Å². The largest absolute Gasteiger partial charge is 0.283 e. The molecule has 1 aromatic carbocycles. The predicted molar refractivity (Wildman–Crippen MR) is 51.7 cm³/mol. The molecule has 15 heavy (non-hydrogen) atoms. The fourth-order valence-electron chi connectivity index (χ4n) is 1.28. The van der Waals surface area contributed by atoms with Gasteiger partial charge < -0.3 is 0 Å². The number of amides is 1. The van der Waals surface area contributed by atoms with Crippen LogP contribution in [0, 0.1) is 11.6 Å². The highest BCUT2D eigenvalue weighted by Gasteiger charge is 2.21. The number of benzene rings is 1. The maximum atomic E-state index is 13.3. The third-order valence-corrected chi connectivity index (χ3v) is 2.14. The molecule has 0 bridgehead atoms. The van der Waals surface area contributed by atoms with Crippen LogP contribution >= 0.6 is 0 Å². The van der Waals surface area contributed by atoms with Gasteiger partial charge in [-0.3, -0.25) is 9.80 Å². The lowest BCUT2D eigenvalue weighted by atomic mass is 9.99. The lowest BCUT2D eigenvalue weighted by Gasteiger charge is -2.17. The van der Waals surface area contributed by atoms with Gasteiger partial charge in [-0.05, 0) is 25.1 Å². The molecule has 1 amide bonds. The van der Waals surface area contributed by atoms with Crippen LogP contribution in [0.25, 0.3) is 0 Å². The number of carbonyl (C=O) groups excluding carboxylic acids is 1. The summed E-state index contributed by atoms with van der Waals surface area (Å²) in [7, 11) is 1.36. The lowest BCUT2D eigenvalue weighted by Crippen LogP contribution is -2.36. The van der Waals surface area contributed by atoms with E-state index in [1.807, 2.05) is 0 Å². The van der Waals surface area contributed by atoms with E-state index in [0.717, 1.165) is 23.2 Å². The molecule has 1 rings (SSSR count). The first-order chi connectivity index (χ1) is 6.93. The zero-order valence-electron chi connectivity index (χ0n) is 8.50. The molecule has 0 saturated carbocycles. The summed E-state index contributed by atoms with van der Waals surface area (Å²) in [4.78, 5) is 11.4. The van der Waals surface area contributed by atoms with Crippen LogP contribution in [0.15, 0.2) is 18.2 Å². The molecule has 0 aliphatic carbocycles. The van der Waals surface area contributed by atoms with Gasteiger partial charge in [-0.25, -0.2) is 14.6 Å². The third kappa shape index (κ3) is 2.50. The van der Waals surface area contributed by atoms with Crippen molar-refractivity contribution in [3.05, 3.63) is 35.4 Å². The minimum absolute atomic E-state index is 0.0114. The average Bonchev–Trinajstić information content (AvgIpc) is 2.19. The maximum absolute atomic E-state index is 13.3. The zero-order valence-corrected chi connectivity index (χ0v) is 8.50. The Morgan fingerprint density at radius 1 is 1.47 bits per heavy atom. The summed E-state index contributed by atoms with van der Waals surface area (Å²) >= 11 is 0. The van der Waals surface area contributed by atoms with Crippen LogP contribution in [0.5, 0.6) is 0 Å².